The molecular formula is C15H23N3O4. The molecule has 0 unspecified atom stereocenters. The maximum Gasteiger partial charge on any atom is 0.315 e. The third-order valence-corrected chi connectivity index (χ3v) is 3.70. The molecule has 7 heteroatoms. The first-order chi connectivity index (χ1) is 10.4. The van der Waals surface area contributed by atoms with Crippen molar-refractivity contribution in [2.45, 2.75) is 44.8 Å². The fourth-order valence-electron chi connectivity index (χ4n) is 2.35. The van der Waals surface area contributed by atoms with Crippen LogP contribution < -0.4 is 16.0 Å². The van der Waals surface area contributed by atoms with E-state index >= 15 is 0 Å². The monoisotopic (exact) mass is 309 g/mol. The lowest BCUT2D eigenvalue weighted by molar-refractivity contribution is -0.122. The van der Waals surface area contributed by atoms with Gasteiger partial charge in [-0.25, -0.2) is 4.79 Å². The Kier molecular flexibility index (Phi) is 5.07. The Balaban J connectivity index is 1.85. The SMILES string of the molecule is Cc1ccc([C@@](C)(O)CNC(=O)N[C@H]2CCCCNC2=O)o1. The molecule has 0 spiro atoms. The fourth-order valence-corrected chi connectivity index (χ4v) is 2.35. The third kappa shape index (κ3) is 4.24. The third-order valence-electron chi connectivity index (χ3n) is 3.70. The molecule has 1 fully saturated rings. The van der Waals surface area contributed by atoms with Crippen molar-refractivity contribution in [3.63, 3.8) is 0 Å². The second-order valence-corrected chi connectivity index (χ2v) is 5.85. The Morgan fingerprint density at radius 3 is 2.95 bits per heavy atom. The van der Waals surface area contributed by atoms with E-state index in [1.807, 2.05) is 0 Å². The number of aryl methyl sites for hydroxylation is 1. The molecule has 2 atom stereocenters. The van der Waals surface area contributed by atoms with Crippen LogP contribution in [-0.4, -0.2) is 36.2 Å². The molecule has 7 nitrogen and oxygen atoms in total. The maximum absolute atomic E-state index is 11.9. The van der Waals surface area contributed by atoms with Gasteiger partial charge in [-0.1, -0.05) is 0 Å². The highest BCUT2D eigenvalue weighted by atomic mass is 16.4. The quantitative estimate of drug-likeness (QED) is 0.659. The van der Waals surface area contributed by atoms with E-state index in [4.69, 9.17) is 4.42 Å². The number of urea groups is 1. The van der Waals surface area contributed by atoms with Gasteiger partial charge >= 0.3 is 6.03 Å². The average molecular weight is 309 g/mol. The number of carbonyl (C=O) groups excluding carboxylic acids is 2. The Labute approximate surface area is 129 Å². The minimum Gasteiger partial charge on any atom is -0.463 e. The summed E-state index contributed by atoms with van der Waals surface area (Å²) in [6.45, 7) is 3.97. The lowest BCUT2D eigenvalue weighted by atomic mass is 10.0. The van der Waals surface area contributed by atoms with Crippen molar-refractivity contribution in [1.29, 1.82) is 0 Å². The molecule has 0 saturated carbocycles. The van der Waals surface area contributed by atoms with Crippen molar-refractivity contribution >= 4 is 11.9 Å². The van der Waals surface area contributed by atoms with Gasteiger partial charge in [-0.15, -0.1) is 0 Å². The normalized spacial score (nSPS) is 21.4. The molecule has 1 saturated heterocycles. The van der Waals surface area contributed by atoms with Crippen LogP contribution in [0.4, 0.5) is 4.79 Å². The lowest BCUT2D eigenvalue weighted by Gasteiger charge is -2.22. The summed E-state index contributed by atoms with van der Waals surface area (Å²) in [5.74, 6) is 0.911. The molecule has 3 amide bonds. The molecule has 0 aliphatic carbocycles. The number of aliphatic hydroxyl groups is 1. The Morgan fingerprint density at radius 1 is 1.50 bits per heavy atom. The Hall–Kier alpha value is -2.02. The van der Waals surface area contributed by atoms with Crippen LogP contribution >= 0.6 is 0 Å². The highest BCUT2D eigenvalue weighted by Crippen LogP contribution is 2.21. The summed E-state index contributed by atoms with van der Waals surface area (Å²) in [4.78, 5) is 23.7. The zero-order valence-corrected chi connectivity index (χ0v) is 12.9. The van der Waals surface area contributed by atoms with E-state index in [1.165, 1.54) is 0 Å². The highest BCUT2D eigenvalue weighted by Gasteiger charge is 2.28. The summed E-state index contributed by atoms with van der Waals surface area (Å²) < 4.78 is 5.38. The number of hydrogen-bond acceptors (Lipinski definition) is 4. The predicted octanol–water partition coefficient (Wildman–Crippen LogP) is 0.763. The average Bonchev–Trinajstić information content (AvgIpc) is 2.81. The van der Waals surface area contributed by atoms with E-state index in [-0.39, 0.29) is 12.5 Å². The second-order valence-electron chi connectivity index (χ2n) is 5.85. The second kappa shape index (κ2) is 6.83. The van der Waals surface area contributed by atoms with Gasteiger partial charge in [0.15, 0.2) is 0 Å². The number of nitrogens with one attached hydrogen (secondary N) is 3. The van der Waals surface area contributed by atoms with Crippen LogP contribution in [0.25, 0.3) is 0 Å². The number of furan rings is 1. The van der Waals surface area contributed by atoms with Crippen LogP contribution in [0.2, 0.25) is 0 Å². The molecule has 1 aromatic rings. The van der Waals surface area contributed by atoms with Gasteiger partial charge in [-0.05, 0) is 45.2 Å². The first-order valence-electron chi connectivity index (χ1n) is 7.50. The van der Waals surface area contributed by atoms with Gasteiger partial charge in [-0.3, -0.25) is 4.79 Å². The number of hydrogen-bond donors (Lipinski definition) is 4. The summed E-state index contributed by atoms with van der Waals surface area (Å²) in [6.07, 6.45) is 2.41. The fraction of sp³-hybridized carbons (Fsp3) is 0.600. The van der Waals surface area contributed by atoms with Crippen LogP contribution in [0, 0.1) is 6.92 Å². The molecular weight excluding hydrogens is 286 g/mol. The van der Waals surface area contributed by atoms with E-state index < -0.39 is 17.7 Å². The molecule has 0 radical (unpaired) electrons. The molecule has 1 aromatic heterocycles. The minimum absolute atomic E-state index is 0.0138. The van der Waals surface area contributed by atoms with Crippen molar-refractivity contribution in [3.8, 4) is 0 Å². The number of carbonyl (C=O) groups is 2. The van der Waals surface area contributed by atoms with Crippen molar-refractivity contribution in [2.24, 2.45) is 0 Å². The Bertz CT molecular complexity index is 539. The predicted molar refractivity (Wildman–Crippen MR) is 80.2 cm³/mol. The van der Waals surface area contributed by atoms with E-state index in [9.17, 15) is 14.7 Å². The molecule has 2 rings (SSSR count). The van der Waals surface area contributed by atoms with Crippen molar-refractivity contribution < 1.29 is 19.1 Å². The van der Waals surface area contributed by atoms with Gasteiger partial charge in [0.2, 0.25) is 5.91 Å². The minimum atomic E-state index is -1.31. The van der Waals surface area contributed by atoms with Gasteiger partial charge in [0.05, 0.1) is 6.54 Å². The summed E-state index contributed by atoms with van der Waals surface area (Å²) in [5, 5.41) is 18.3. The van der Waals surface area contributed by atoms with Gasteiger partial charge < -0.3 is 25.5 Å². The first-order valence-corrected chi connectivity index (χ1v) is 7.50. The molecule has 1 aliphatic heterocycles. The van der Waals surface area contributed by atoms with Crippen molar-refractivity contribution in [3.05, 3.63) is 23.7 Å². The molecule has 0 aromatic carbocycles. The maximum atomic E-state index is 11.9. The van der Waals surface area contributed by atoms with E-state index in [0.29, 0.717) is 24.5 Å². The van der Waals surface area contributed by atoms with Crippen molar-refractivity contribution in [2.75, 3.05) is 13.1 Å². The first kappa shape index (κ1) is 16.4. The van der Waals surface area contributed by atoms with Crippen LogP contribution in [0.3, 0.4) is 0 Å². The van der Waals surface area contributed by atoms with Gasteiger partial charge in [0.25, 0.3) is 0 Å². The summed E-state index contributed by atoms with van der Waals surface area (Å²) in [6, 6.07) is 2.41. The zero-order chi connectivity index (χ0) is 16.2. The van der Waals surface area contributed by atoms with E-state index in [2.05, 4.69) is 16.0 Å². The van der Waals surface area contributed by atoms with Crippen LogP contribution in [-0.2, 0) is 10.4 Å². The molecule has 2 heterocycles. The van der Waals surface area contributed by atoms with Crippen molar-refractivity contribution in [1.82, 2.24) is 16.0 Å². The summed E-state index contributed by atoms with van der Waals surface area (Å²) in [5.41, 5.74) is -1.31. The number of rotatable bonds is 4. The van der Waals surface area contributed by atoms with Gasteiger partial charge in [-0.2, -0.15) is 0 Å². The van der Waals surface area contributed by atoms with Crippen LogP contribution in [0.5, 0.6) is 0 Å². The zero-order valence-electron chi connectivity index (χ0n) is 12.9. The number of amides is 3. The summed E-state index contributed by atoms with van der Waals surface area (Å²) in [7, 11) is 0. The van der Waals surface area contributed by atoms with Crippen LogP contribution in [0.1, 0.15) is 37.7 Å². The van der Waals surface area contributed by atoms with Gasteiger partial charge in [0.1, 0.15) is 23.2 Å². The topological polar surface area (TPSA) is 104 Å². The molecule has 22 heavy (non-hydrogen) atoms. The highest BCUT2D eigenvalue weighted by molar-refractivity contribution is 5.87. The van der Waals surface area contributed by atoms with Gasteiger partial charge in [0, 0.05) is 6.54 Å². The molecule has 4 N–H and O–H groups in total. The molecule has 0 bridgehead atoms. The van der Waals surface area contributed by atoms with E-state index in [1.54, 1.807) is 26.0 Å². The molecule has 122 valence electrons. The van der Waals surface area contributed by atoms with E-state index in [0.717, 1.165) is 12.8 Å². The largest absolute Gasteiger partial charge is 0.463 e. The molecule has 1 aliphatic rings. The Morgan fingerprint density at radius 2 is 2.27 bits per heavy atom. The lowest BCUT2D eigenvalue weighted by Crippen LogP contribution is -2.51. The smallest absolute Gasteiger partial charge is 0.315 e. The summed E-state index contributed by atoms with van der Waals surface area (Å²) >= 11 is 0. The standard InChI is InChI=1S/C15H23N3O4/c1-10-6-7-12(22-10)15(2,21)9-17-14(20)18-11-5-3-4-8-16-13(11)19/h6-7,11,21H,3-5,8-9H2,1-2H3,(H,16,19)(H2,17,18,20)/t11-,15-/m0/s1. The van der Waals surface area contributed by atoms with Crippen LogP contribution in [0.15, 0.2) is 16.5 Å².